The normalized spacial score (nSPS) is 18.0. The molecule has 6 heteroatoms. The molecule has 2 aromatic heterocycles. The molecule has 0 radical (unpaired) electrons. The highest BCUT2D eigenvalue weighted by Gasteiger charge is 2.29. The van der Waals surface area contributed by atoms with Crippen LogP contribution in [0.2, 0.25) is 0 Å². The minimum absolute atomic E-state index is 0.0324. The summed E-state index contributed by atoms with van der Waals surface area (Å²) in [6, 6.07) is 5.20. The Morgan fingerprint density at radius 3 is 3.00 bits per heavy atom. The molecular formula is C19H22N4O2. The predicted octanol–water partition coefficient (Wildman–Crippen LogP) is 2.94. The highest BCUT2D eigenvalue weighted by Crippen LogP contribution is 2.31. The summed E-state index contributed by atoms with van der Waals surface area (Å²) in [6.45, 7) is 3.38. The number of nitrogens with zero attached hydrogens (tertiary/aromatic N) is 3. The highest BCUT2D eigenvalue weighted by atomic mass is 16.3. The average Bonchev–Trinajstić information content (AvgIpc) is 3.23. The monoisotopic (exact) mass is 338 g/mol. The van der Waals surface area contributed by atoms with Gasteiger partial charge in [0.2, 0.25) is 0 Å². The van der Waals surface area contributed by atoms with Crippen molar-refractivity contribution >= 4 is 16.8 Å². The number of benzene rings is 1. The molecule has 6 nitrogen and oxygen atoms in total. The number of fused-ring (bicyclic) bond motifs is 1. The lowest BCUT2D eigenvalue weighted by Gasteiger charge is -2.32. The van der Waals surface area contributed by atoms with Crippen molar-refractivity contribution in [1.29, 1.82) is 0 Å². The second-order valence-electron chi connectivity index (χ2n) is 6.79. The molecule has 1 aliphatic heterocycles. The van der Waals surface area contributed by atoms with Gasteiger partial charge < -0.3 is 19.6 Å². The number of hydrogen-bond acceptors (Lipinski definition) is 3. The number of carbonyl (C=O) groups excluding carboxylic acids is 1. The number of rotatable bonds is 2. The number of aromatic nitrogens is 3. The van der Waals surface area contributed by atoms with Crippen LogP contribution in [0.15, 0.2) is 30.6 Å². The first-order chi connectivity index (χ1) is 12.1. The van der Waals surface area contributed by atoms with Gasteiger partial charge in [-0.25, -0.2) is 4.98 Å². The maximum Gasteiger partial charge on any atom is 0.256 e. The van der Waals surface area contributed by atoms with Crippen LogP contribution in [0.1, 0.15) is 40.6 Å². The van der Waals surface area contributed by atoms with Gasteiger partial charge in [0.15, 0.2) is 0 Å². The fourth-order valence-corrected chi connectivity index (χ4v) is 3.87. The molecule has 1 aliphatic rings. The van der Waals surface area contributed by atoms with Gasteiger partial charge in [-0.3, -0.25) is 4.79 Å². The van der Waals surface area contributed by atoms with Crippen LogP contribution in [0, 0.1) is 6.92 Å². The van der Waals surface area contributed by atoms with Gasteiger partial charge in [-0.15, -0.1) is 0 Å². The van der Waals surface area contributed by atoms with Crippen LogP contribution in [0.3, 0.4) is 0 Å². The van der Waals surface area contributed by atoms with Crippen LogP contribution in [-0.4, -0.2) is 43.5 Å². The molecule has 0 spiro atoms. The first-order valence-electron chi connectivity index (χ1n) is 8.63. The van der Waals surface area contributed by atoms with Gasteiger partial charge in [-0.1, -0.05) is 0 Å². The van der Waals surface area contributed by atoms with Gasteiger partial charge in [-0.2, -0.15) is 0 Å². The second-order valence-corrected chi connectivity index (χ2v) is 6.79. The third-order valence-corrected chi connectivity index (χ3v) is 5.30. The van der Waals surface area contributed by atoms with Crippen molar-refractivity contribution in [2.45, 2.75) is 25.7 Å². The molecule has 3 aromatic rings. The molecule has 1 amide bonds. The Morgan fingerprint density at radius 2 is 2.24 bits per heavy atom. The van der Waals surface area contributed by atoms with Crippen molar-refractivity contribution in [3.05, 3.63) is 47.7 Å². The van der Waals surface area contributed by atoms with E-state index in [1.165, 1.54) is 0 Å². The fraction of sp³-hybridized carbons (Fsp3) is 0.368. The molecule has 4 rings (SSSR count). The van der Waals surface area contributed by atoms with E-state index >= 15 is 0 Å². The first kappa shape index (κ1) is 15.7. The van der Waals surface area contributed by atoms with Crippen LogP contribution in [0.4, 0.5) is 0 Å². The fourth-order valence-electron chi connectivity index (χ4n) is 3.87. The number of aryl methyl sites for hydroxylation is 1. The van der Waals surface area contributed by atoms with Crippen molar-refractivity contribution < 1.29 is 9.90 Å². The van der Waals surface area contributed by atoms with E-state index in [9.17, 15) is 9.90 Å². The van der Waals surface area contributed by atoms with E-state index in [-0.39, 0.29) is 17.6 Å². The summed E-state index contributed by atoms with van der Waals surface area (Å²) in [5, 5.41) is 10.7. The SMILES string of the molecule is Cc1c(C(=O)N2CCC[C@H](c3ncc[nH]3)C2)c2cc(O)ccc2n1C. The molecule has 1 saturated heterocycles. The van der Waals surface area contributed by atoms with Gasteiger partial charge in [0, 0.05) is 55.0 Å². The molecule has 3 heterocycles. The number of aromatic amines is 1. The summed E-state index contributed by atoms with van der Waals surface area (Å²) in [6.07, 6.45) is 5.58. The molecule has 25 heavy (non-hydrogen) atoms. The van der Waals surface area contributed by atoms with Crippen LogP contribution in [0.25, 0.3) is 10.9 Å². The number of aromatic hydroxyl groups is 1. The van der Waals surface area contributed by atoms with E-state index in [4.69, 9.17) is 0 Å². The van der Waals surface area contributed by atoms with Gasteiger partial charge in [0.1, 0.15) is 11.6 Å². The van der Waals surface area contributed by atoms with Gasteiger partial charge in [-0.05, 0) is 38.0 Å². The lowest BCUT2D eigenvalue weighted by Crippen LogP contribution is -2.39. The zero-order chi connectivity index (χ0) is 17.6. The quantitative estimate of drug-likeness (QED) is 0.754. The zero-order valence-electron chi connectivity index (χ0n) is 14.5. The number of piperidine rings is 1. The Balaban J connectivity index is 1.70. The molecular weight excluding hydrogens is 316 g/mol. The smallest absolute Gasteiger partial charge is 0.256 e. The number of amides is 1. The van der Waals surface area contributed by atoms with Crippen molar-refractivity contribution in [2.24, 2.45) is 7.05 Å². The Kier molecular flexibility index (Phi) is 3.75. The topological polar surface area (TPSA) is 74.2 Å². The summed E-state index contributed by atoms with van der Waals surface area (Å²) in [7, 11) is 1.95. The molecule has 0 bridgehead atoms. The Morgan fingerprint density at radius 1 is 1.40 bits per heavy atom. The van der Waals surface area contributed by atoms with Gasteiger partial charge >= 0.3 is 0 Å². The largest absolute Gasteiger partial charge is 0.508 e. The van der Waals surface area contributed by atoms with Crippen molar-refractivity contribution in [2.75, 3.05) is 13.1 Å². The van der Waals surface area contributed by atoms with Crippen LogP contribution < -0.4 is 0 Å². The summed E-state index contributed by atoms with van der Waals surface area (Å²) in [5.41, 5.74) is 2.57. The Labute approximate surface area is 146 Å². The number of carbonyl (C=O) groups is 1. The van der Waals surface area contributed by atoms with E-state index < -0.39 is 0 Å². The maximum atomic E-state index is 13.3. The zero-order valence-corrected chi connectivity index (χ0v) is 14.5. The molecule has 2 N–H and O–H groups in total. The third-order valence-electron chi connectivity index (χ3n) is 5.30. The molecule has 0 aliphatic carbocycles. The highest BCUT2D eigenvalue weighted by molar-refractivity contribution is 6.08. The number of nitrogens with one attached hydrogen (secondary N) is 1. The van der Waals surface area contributed by atoms with Crippen molar-refractivity contribution in [1.82, 2.24) is 19.4 Å². The molecule has 1 atom stereocenters. The van der Waals surface area contributed by atoms with Crippen molar-refractivity contribution in [3.63, 3.8) is 0 Å². The first-order valence-corrected chi connectivity index (χ1v) is 8.63. The summed E-state index contributed by atoms with van der Waals surface area (Å²) in [5.74, 6) is 1.41. The minimum Gasteiger partial charge on any atom is -0.508 e. The molecule has 1 fully saturated rings. The number of likely N-dealkylation sites (tertiary alicyclic amines) is 1. The van der Waals surface area contributed by atoms with Gasteiger partial charge in [0.25, 0.3) is 5.91 Å². The molecule has 130 valence electrons. The number of phenolic OH excluding ortho intramolecular Hbond substituents is 1. The summed E-state index contributed by atoms with van der Waals surface area (Å²) < 4.78 is 2.01. The van der Waals surface area contributed by atoms with Crippen LogP contribution in [0.5, 0.6) is 5.75 Å². The Hall–Kier alpha value is -2.76. The standard InChI is InChI=1S/C19H22N4O2/c1-12-17(15-10-14(24)5-6-16(15)22(12)2)19(25)23-9-3-4-13(11-23)18-20-7-8-21-18/h5-8,10,13,24H,3-4,9,11H2,1-2H3,(H,20,21)/t13-/m0/s1. The lowest BCUT2D eigenvalue weighted by atomic mass is 9.96. The number of hydrogen-bond donors (Lipinski definition) is 2. The predicted molar refractivity (Wildman–Crippen MR) is 95.8 cm³/mol. The third kappa shape index (κ3) is 2.58. The molecule has 1 aromatic carbocycles. The summed E-state index contributed by atoms with van der Waals surface area (Å²) >= 11 is 0. The Bertz CT molecular complexity index is 927. The van der Waals surface area contributed by atoms with E-state index in [0.717, 1.165) is 41.8 Å². The van der Waals surface area contributed by atoms with E-state index in [2.05, 4.69) is 9.97 Å². The van der Waals surface area contributed by atoms with E-state index in [1.54, 1.807) is 18.3 Å². The number of phenols is 1. The van der Waals surface area contributed by atoms with Crippen LogP contribution >= 0.6 is 0 Å². The lowest BCUT2D eigenvalue weighted by molar-refractivity contribution is 0.0706. The van der Waals surface area contributed by atoms with E-state index in [0.29, 0.717) is 12.1 Å². The average molecular weight is 338 g/mol. The number of H-pyrrole nitrogens is 1. The summed E-state index contributed by atoms with van der Waals surface area (Å²) in [4.78, 5) is 22.7. The van der Waals surface area contributed by atoms with E-state index in [1.807, 2.05) is 35.7 Å². The van der Waals surface area contributed by atoms with Gasteiger partial charge in [0.05, 0.1) is 5.56 Å². The van der Waals surface area contributed by atoms with Crippen molar-refractivity contribution in [3.8, 4) is 5.75 Å². The minimum atomic E-state index is 0.0324. The molecule has 0 saturated carbocycles. The maximum absolute atomic E-state index is 13.3. The van der Waals surface area contributed by atoms with Crippen LogP contribution in [-0.2, 0) is 7.05 Å². The molecule has 0 unspecified atom stereocenters. The second kappa shape index (κ2) is 5.95. The number of imidazole rings is 1.